The van der Waals surface area contributed by atoms with Gasteiger partial charge >= 0.3 is 0 Å². The van der Waals surface area contributed by atoms with E-state index in [1.807, 2.05) is 29.5 Å². The molecule has 2 aromatic heterocycles. The van der Waals surface area contributed by atoms with Crippen molar-refractivity contribution in [3.8, 4) is 5.69 Å². The molecule has 1 aliphatic carbocycles. The molecule has 0 spiro atoms. The second-order valence-electron chi connectivity index (χ2n) is 5.19. The Hall–Kier alpha value is -1.92. The Bertz CT molecular complexity index is 775. The Morgan fingerprint density at radius 3 is 3.05 bits per heavy atom. The number of aromatic nitrogens is 4. The largest absolute Gasteiger partial charge is 0.378 e. The summed E-state index contributed by atoms with van der Waals surface area (Å²) < 4.78 is 1.65. The highest BCUT2D eigenvalue weighted by Crippen LogP contribution is 2.28. The van der Waals surface area contributed by atoms with Crippen LogP contribution in [-0.2, 0) is 19.4 Å². The molecule has 7 heteroatoms. The molecule has 1 aliphatic rings. The number of rotatable bonds is 4. The summed E-state index contributed by atoms with van der Waals surface area (Å²) in [5, 5.41) is 9.25. The van der Waals surface area contributed by atoms with E-state index in [0.717, 1.165) is 29.3 Å². The summed E-state index contributed by atoms with van der Waals surface area (Å²) in [6.07, 6.45) is 6.69. The minimum atomic E-state index is 0.636. The van der Waals surface area contributed by atoms with Gasteiger partial charge in [0.1, 0.15) is 17.7 Å². The lowest BCUT2D eigenvalue weighted by Crippen LogP contribution is -2.01. The molecule has 4 rings (SSSR count). The predicted molar refractivity (Wildman–Crippen MR) is 87.8 cm³/mol. The summed E-state index contributed by atoms with van der Waals surface area (Å²) in [4.78, 5) is 10.1. The Morgan fingerprint density at radius 1 is 1.32 bits per heavy atom. The fraction of sp³-hybridized carbons (Fsp3) is 0.267. The first-order valence-corrected chi connectivity index (χ1v) is 8.35. The molecular formula is C15H14ClN5S. The maximum Gasteiger partial charge on any atom is 0.138 e. The van der Waals surface area contributed by atoms with Crippen molar-refractivity contribution in [1.29, 1.82) is 0 Å². The van der Waals surface area contributed by atoms with Crippen LogP contribution in [0.1, 0.15) is 22.0 Å². The number of hydrogen-bond acceptors (Lipinski definition) is 5. The number of fused-ring (bicyclic) bond motifs is 1. The third kappa shape index (κ3) is 2.60. The summed E-state index contributed by atoms with van der Waals surface area (Å²) in [5.74, 6) is 0. The van der Waals surface area contributed by atoms with Crippen molar-refractivity contribution in [2.75, 3.05) is 5.32 Å². The van der Waals surface area contributed by atoms with Gasteiger partial charge in [-0.1, -0.05) is 11.6 Å². The van der Waals surface area contributed by atoms with Crippen molar-refractivity contribution in [2.45, 2.75) is 25.8 Å². The normalized spacial score (nSPS) is 13.3. The number of benzene rings is 1. The number of aryl methyl sites for hydroxylation is 2. The molecule has 0 unspecified atom stereocenters. The van der Waals surface area contributed by atoms with Crippen molar-refractivity contribution in [3.05, 3.63) is 51.5 Å². The van der Waals surface area contributed by atoms with Crippen LogP contribution >= 0.6 is 22.9 Å². The summed E-state index contributed by atoms with van der Waals surface area (Å²) in [7, 11) is 0. The standard InChI is InChI=1S/C15H14ClN5S/c16-11-6-10(4-5-13(11)21-9-17-8-19-21)18-7-15-20-12-2-1-3-14(12)22-15/h4-6,8-9,18H,1-3,7H2. The highest BCUT2D eigenvalue weighted by atomic mass is 35.5. The highest BCUT2D eigenvalue weighted by molar-refractivity contribution is 7.11. The van der Waals surface area contributed by atoms with E-state index in [0.29, 0.717) is 5.02 Å². The van der Waals surface area contributed by atoms with Crippen LogP contribution in [-0.4, -0.2) is 19.7 Å². The van der Waals surface area contributed by atoms with Crippen molar-refractivity contribution in [3.63, 3.8) is 0 Å². The van der Waals surface area contributed by atoms with Gasteiger partial charge in [0.15, 0.2) is 0 Å². The Balaban J connectivity index is 1.47. The molecule has 0 amide bonds. The van der Waals surface area contributed by atoms with Gasteiger partial charge in [-0.25, -0.2) is 14.6 Å². The highest BCUT2D eigenvalue weighted by Gasteiger charge is 2.16. The number of anilines is 1. The van der Waals surface area contributed by atoms with Gasteiger partial charge in [-0.15, -0.1) is 11.3 Å². The first kappa shape index (κ1) is 13.7. The van der Waals surface area contributed by atoms with Gasteiger partial charge in [0.25, 0.3) is 0 Å². The minimum absolute atomic E-state index is 0.636. The molecule has 0 radical (unpaired) electrons. The maximum atomic E-state index is 6.32. The lowest BCUT2D eigenvalue weighted by atomic mass is 10.3. The van der Waals surface area contributed by atoms with Gasteiger partial charge in [-0.2, -0.15) is 5.10 Å². The van der Waals surface area contributed by atoms with Crippen molar-refractivity contribution < 1.29 is 0 Å². The monoisotopic (exact) mass is 331 g/mol. The van der Waals surface area contributed by atoms with E-state index < -0.39 is 0 Å². The molecular weight excluding hydrogens is 318 g/mol. The molecule has 22 heavy (non-hydrogen) atoms. The fourth-order valence-corrected chi connectivity index (χ4v) is 4.00. The van der Waals surface area contributed by atoms with Crippen LogP contribution in [0.15, 0.2) is 30.9 Å². The predicted octanol–water partition coefficient (Wildman–Crippen LogP) is 3.48. The van der Waals surface area contributed by atoms with E-state index in [9.17, 15) is 0 Å². The van der Waals surface area contributed by atoms with E-state index in [1.54, 1.807) is 11.0 Å². The topological polar surface area (TPSA) is 55.6 Å². The molecule has 0 saturated heterocycles. The quantitative estimate of drug-likeness (QED) is 0.795. The molecule has 3 aromatic rings. The molecule has 0 bridgehead atoms. The lowest BCUT2D eigenvalue weighted by molar-refractivity contribution is 0.879. The molecule has 0 atom stereocenters. The van der Waals surface area contributed by atoms with Crippen molar-refractivity contribution in [2.24, 2.45) is 0 Å². The van der Waals surface area contributed by atoms with Crippen LogP contribution in [0.3, 0.4) is 0 Å². The van der Waals surface area contributed by atoms with Gasteiger partial charge in [-0.3, -0.25) is 0 Å². The van der Waals surface area contributed by atoms with Crippen LogP contribution in [0, 0.1) is 0 Å². The van der Waals surface area contributed by atoms with E-state index in [-0.39, 0.29) is 0 Å². The average molecular weight is 332 g/mol. The van der Waals surface area contributed by atoms with E-state index in [4.69, 9.17) is 11.6 Å². The zero-order chi connectivity index (χ0) is 14.9. The van der Waals surface area contributed by atoms with E-state index in [2.05, 4.69) is 20.4 Å². The number of halogens is 1. The molecule has 0 aliphatic heterocycles. The molecule has 1 aromatic carbocycles. The van der Waals surface area contributed by atoms with Gasteiger partial charge in [0, 0.05) is 10.6 Å². The third-order valence-electron chi connectivity index (χ3n) is 3.70. The summed E-state index contributed by atoms with van der Waals surface area (Å²) in [6, 6.07) is 5.82. The number of nitrogens with zero attached hydrogens (tertiary/aromatic N) is 4. The Labute approximate surface area is 137 Å². The lowest BCUT2D eigenvalue weighted by Gasteiger charge is -2.08. The van der Waals surface area contributed by atoms with Crippen LogP contribution in [0.2, 0.25) is 5.02 Å². The second-order valence-corrected chi connectivity index (χ2v) is 6.77. The van der Waals surface area contributed by atoms with Gasteiger partial charge in [0.05, 0.1) is 22.9 Å². The summed E-state index contributed by atoms with van der Waals surface area (Å²) in [5.41, 5.74) is 3.09. The van der Waals surface area contributed by atoms with Crippen LogP contribution in [0.4, 0.5) is 5.69 Å². The van der Waals surface area contributed by atoms with Gasteiger partial charge in [0.2, 0.25) is 0 Å². The van der Waals surface area contributed by atoms with Crippen LogP contribution in [0.5, 0.6) is 0 Å². The van der Waals surface area contributed by atoms with E-state index in [1.165, 1.54) is 29.7 Å². The van der Waals surface area contributed by atoms with E-state index >= 15 is 0 Å². The molecule has 0 fully saturated rings. The molecule has 1 N–H and O–H groups in total. The average Bonchev–Trinajstić information content (AvgIpc) is 3.22. The maximum absolute atomic E-state index is 6.32. The fourth-order valence-electron chi connectivity index (χ4n) is 2.63. The molecule has 0 saturated carbocycles. The first-order valence-electron chi connectivity index (χ1n) is 7.15. The van der Waals surface area contributed by atoms with Crippen molar-refractivity contribution >= 4 is 28.6 Å². The SMILES string of the molecule is Clc1cc(NCc2nc3c(s2)CCC3)ccc1-n1cncn1. The number of nitrogens with one attached hydrogen (secondary N) is 1. The number of hydrogen-bond donors (Lipinski definition) is 1. The summed E-state index contributed by atoms with van der Waals surface area (Å²) >= 11 is 8.14. The Morgan fingerprint density at radius 2 is 2.27 bits per heavy atom. The minimum Gasteiger partial charge on any atom is -0.378 e. The zero-order valence-electron chi connectivity index (χ0n) is 11.8. The number of thiazole rings is 1. The molecule has 5 nitrogen and oxygen atoms in total. The van der Waals surface area contributed by atoms with Gasteiger partial charge in [-0.05, 0) is 37.5 Å². The Kier molecular flexibility index (Phi) is 3.56. The molecule has 112 valence electrons. The summed E-state index contributed by atoms with van der Waals surface area (Å²) in [6.45, 7) is 0.733. The van der Waals surface area contributed by atoms with Crippen LogP contribution < -0.4 is 5.32 Å². The first-order chi connectivity index (χ1) is 10.8. The van der Waals surface area contributed by atoms with Crippen LogP contribution in [0.25, 0.3) is 5.69 Å². The second kappa shape index (κ2) is 5.70. The zero-order valence-corrected chi connectivity index (χ0v) is 13.4. The van der Waals surface area contributed by atoms with Gasteiger partial charge < -0.3 is 5.32 Å². The third-order valence-corrected chi connectivity index (χ3v) is 5.16. The molecule has 2 heterocycles. The van der Waals surface area contributed by atoms with Crippen molar-refractivity contribution in [1.82, 2.24) is 19.7 Å². The smallest absolute Gasteiger partial charge is 0.138 e.